The van der Waals surface area contributed by atoms with Gasteiger partial charge in [-0.25, -0.2) is 0 Å². The predicted octanol–water partition coefficient (Wildman–Crippen LogP) is 4.60. The summed E-state index contributed by atoms with van der Waals surface area (Å²) in [5.74, 6) is -0.460. The van der Waals surface area contributed by atoms with E-state index in [1.54, 1.807) is 12.1 Å². The molecule has 7 heteroatoms. The third-order valence-electron chi connectivity index (χ3n) is 6.97. The van der Waals surface area contributed by atoms with E-state index in [-0.39, 0.29) is 23.8 Å². The summed E-state index contributed by atoms with van der Waals surface area (Å²) in [7, 11) is 0. The molecule has 0 aromatic heterocycles. The van der Waals surface area contributed by atoms with Crippen LogP contribution in [0.25, 0.3) is 0 Å². The highest BCUT2D eigenvalue weighted by Gasteiger charge is 2.33. The molecule has 3 aromatic carbocycles. The zero-order chi connectivity index (χ0) is 27.0. The lowest BCUT2D eigenvalue weighted by molar-refractivity contribution is -0.127. The number of benzene rings is 3. The second-order valence-electron chi connectivity index (χ2n) is 9.76. The van der Waals surface area contributed by atoms with Crippen LogP contribution < -0.4 is 16.1 Å². The third-order valence-corrected chi connectivity index (χ3v) is 7.22. The van der Waals surface area contributed by atoms with Crippen LogP contribution in [0, 0.1) is 5.92 Å². The summed E-state index contributed by atoms with van der Waals surface area (Å²) in [5, 5.41) is 11.1. The quantitative estimate of drug-likeness (QED) is 0.330. The minimum Gasteiger partial charge on any atom is -0.354 e. The predicted molar refractivity (Wildman–Crippen MR) is 155 cm³/mol. The van der Waals surface area contributed by atoms with Gasteiger partial charge in [0.25, 0.3) is 5.91 Å². The number of hydrogen-bond acceptors (Lipinski definition) is 4. The van der Waals surface area contributed by atoms with Crippen molar-refractivity contribution in [1.29, 1.82) is 0 Å². The molecule has 1 aliphatic heterocycles. The Kier molecular flexibility index (Phi) is 8.54. The van der Waals surface area contributed by atoms with Crippen molar-refractivity contribution in [3.05, 3.63) is 130 Å². The molecule has 0 radical (unpaired) electrons. The number of fused-ring (bicyclic) bond motifs is 1. The number of nitrogens with one attached hydrogen (secondary N) is 3. The zero-order valence-electron chi connectivity index (χ0n) is 21.5. The van der Waals surface area contributed by atoms with Crippen molar-refractivity contribution < 1.29 is 9.59 Å². The molecule has 1 heterocycles. The molecule has 3 atom stereocenters. The van der Waals surface area contributed by atoms with Crippen LogP contribution in [0.5, 0.6) is 0 Å². The molecule has 198 valence electrons. The van der Waals surface area contributed by atoms with Gasteiger partial charge in [-0.3, -0.25) is 9.59 Å². The number of hydrogen-bond donors (Lipinski definition) is 3. The Labute approximate surface area is 233 Å². The van der Waals surface area contributed by atoms with E-state index < -0.39 is 6.04 Å². The Hall–Kier alpha value is -4.16. The average molecular weight is 539 g/mol. The molecule has 0 fully saturated rings. The monoisotopic (exact) mass is 538 g/mol. The maximum absolute atomic E-state index is 13.3. The molecule has 2 aliphatic rings. The van der Waals surface area contributed by atoms with Crippen LogP contribution in [0.4, 0.5) is 0 Å². The van der Waals surface area contributed by atoms with Crippen molar-refractivity contribution in [3.63, 3.8) is 0 Å². The first-order valence-corrected chi connectivity index (χ1v) is 13.6. The lowest BCUT2D eigenvalue weighted by Crippen LogP contribution is -2.49. The molecule has 6 nitrogen and oxygen atoms in total. The van der Waals surface area contributed by atoms with Crippen LogP contribution in [-0.4, -0.2) is 36.2 Å². The SMILES string of the molecule is O=C(N[C@@H](Cc1ccc(Cl)cc1)C(=O)NCCCc1ccccc1)C1=CC2NN=C(c3ccccc3)C2C=C1. The minimum absolute atomic E-state index is 0.0433. The molecule has 2 unspecified atom stereocenters. The molecular formula is C32H31ClN4O2. The highest BCUT2D eigenvalue weighted by molar-refractivity contribution is 6.30. The summed E-state index contributed by atoms with van der Waals surface area (Å²) in [6, 6.07) is 26.7. The molecule has 39 heavy (non-hydrogen) atoms. The van der Waals surface area contributed by atoms with Crippen molar-refractivity contribution >= 4 is 29.1 Å². The summed E-state index contributed by atoms with van der Waals surface area (Å²) in [6.07, 6.45) is 7.74. The largest absolute Gasteiger partial charge is 0.354 e. The first kappa shape index (κ1) is 26.4. The van der Waals surface area contributed by atoms with Gasteiger partial charge in [0.2, 0.25) is 5.91 Å². The van der Waals surface area contributed by atoms with E-state index in [2.05, 4.69) is 33.3 Å². The topological polar surface area (TPSA) is 82.6 Å². The van der Waals surface area contributed by atoms with E-state index in [1.165, 1.54) is 5.56 Å². The number of nitrogens with zero attached hydrogens (tertiary/aromatic N) is 1. The standard InChI is InChI=1S/C32H31ClN4O2/c33-26-16-13-23(14-17-26)20-29(32(39)34-19-7-10-22-8-3-1-4-9-22)35-31(38)25-15-18-27-28(21-25)36-37-30(27)24-11-5-2-6-12-24/h1-6,8-9,11-18,21,27-29,36H,7,10,19-20H2,(H,34,39)(H,35,38)/t27?,28?,29-/m0/s1. The van der Waals surface area contributed by atoms with Gasteiger partial charge in [-0.1, -0.05) is 96.5 Å². The molecule has 1 aliphatic carbocycles. The fraction of sp³-hybridized carbons (Fsp3) is 0.219. The first-order valence-electron chi connectivity index (χ1n) is 13.2. The smallest absolute Gasteiger partial charge is 0.251 e. The van der Waals surface area contributed by atoms with Crippen LogP contribution in [0.2, 0.25) is 5.02 Å². The number of hydrazone groups is 1. The summed E-state index contributed by atoms with van der Waals surface area (Å²) >= 11 is 6.05. The molecule has 0 bridgehead atoms. The van der Waals surface area contributed by atoms with E-state index in [0.717, 1.165) is 29.7 Å². The highest BCUT2D eigenvalue weighted by atomic mass is 35.5. The Bertz CT molecular complexity index is 1380. The normalized spacial score (nSPS) is 18.3. The Morgan fingerprint density at radius 1 is 0.923 bits per heavy atom. The number of carbonyl (C=O) groups excluding carboxylic acids is 2. The summed E-state index contributed by atoms with van der Waals surface area (Å²) in [6.45, 7) is 0.524. The second-order valence-corrected chi connectivity index (χ2v) is 10.2. The van der Waals surface area contributed by atoms with E-state index in [9.17, 15) is 9.59 Å². The Morgan fingerprint density at radius 2 is 1.64 bits per heavy atom. The zero-order valence-corrected chi connectivity index (χ0v) is 22.3. The van der Waals surface area contributed by atoms with Crippen LogP contribution in [0.1, 0.15) is 23.1 Å². The summed E-state index contributed by atoms with van der Waals surface area (Å²) in [4.78, 5) is 26.5. The maximum Gasteiger partial charge on any atom is 0.251 e. The lowest BCUT2D eigenvalue weighted by Gasteiger charge is -2.22. The van der Waals surface area contributed by atoms with Gasteiger partial charge >= 0.3 is 0 Å². The number of amides is 2. The molecule has 2 amide bonds. The van der Waals surface area contributed by atoms with Crippen molar-refractivity contribution in [2.24, 2.45) is 11.0 Å². The second kappa shape index (κ2) is 12.6. The number of halogens is 1. The van der Waals surface area contributed by atoms with Gasteiger partial charge in [0.1, 0.15) is 6.04 Å². The van der Waals surface area contributed by atoms with E-state index in [1.807, 2.05) is 78.9 Å². The molecule has 0 saturated carbocycles. The van der Waals surface area contributed by atoms with Gasteiger partial charge in [0.05, 0.1) is 11.8 Å². The molecule has 3 aromatic rings. The maximum atomic E-state index is 13.3. The average Bonchev–Trinajstić information content (AvgIpc) is 3.40. The third kappa shape index (κ3) is 6.84. The van der Waals surface area contributed by atoms with Crippen molar-refractivity contribution in [2.45, 2.75) is 31.3 Å². The van der Waals surface area contributed by atoms with E-state index >= 15 is 0 Å². The molecule has 0 saturated heterocycles. The summed E-state index contributed by atoms with van der Waals surface area (Å²) < 4.78 is 0. The van der Waals surface area contributed by atoms with Crippen LogP contribution in [0.3, 0.4) is 0 Å². The Morgan fingerprint density at radius 3 is 2.38 bits per heavy atom. The number of rotatable bonds is 10. The molecule has 5 rings (SSSR count). The fourth-order valence-corrected chi connectivity index (χ4v) is 5.00. The van der Waals surface area contributed by atoms with Gasteiger partial charge in [-0.15, -0.1) is 0 Å². The van der Waals surface area contributed by atoms with Crippen LogP contribution in [0.15, 0.2) is 114 Å². The van der Waals surface area contributed by atoms with E-state index in [4.69, 9.17) is 11.6 Å². The van der Waals surface area contributed by atoms with Gasteiger partial charge in [0, 0.05) is 29.5 Å². The Balaban J connectivity index is 1.22. The van der Waals surface area contributed by atoms with Crippen LogP contribution >= 0.6 is 11.6 Å². The van der Waals surface area contributed by atoms with Gasteiger partial charge in [-0.05, 0) is 47.7 Å². The molecule has 3 N–H and O–H groups in total. The van der Waals surface area contributed by atoms with Crippen molar-refractivity contribution in [2.75, 3.05) is 6.54 Å². The van der Waals surface area contributed by atoms with E-state index in [0.29, 0.717) is 23.6 Å². The van der Waals surface area contributed by atoms with Gasteiger partial charge in [0.15, 0.2) is 0 Å². The van der Waals surface area contributed by atoms with Gasteiger partial charge < -0.3 is 16.1 Å². The number of aryl methyl sites for hydroxylation is 1. The van der Waals surface area contributed by atoms with Crippen molar-refractivity contribution in [1.82, 2.24) is 16.1 Å². The minimum atomic E-state index is -0.727. The molecule has 0 spiro atoms. The number of carbonyl (C=O) groups is 2. The van der Waals surface area contributed by atoms with Gasteiger partial charge in [-0.2, -0.15) is 5.10 Å². The highest BCUT2D eigenvalue weighted by Crippen LogP contribution is 2.26. The summed E-state index contributed by atoms with van der Waals surface area (Å²) in [5.41, 5.74) is 7.80. The molecular weight excluding hydrogens is 508 g/mol. The fourth-order valence-electron chi connectivity index (χ4n) is 4.87. The van der Waals surface area contributed by atoms with Crippen LogP contribution in [-0.2, 0) is 22.4 Å². The van der Waals surface area contributed by atoms with Crippen molar-refractivity contribution in [3.8, 4) is 0 Å². The lowest BCUT2D eigenvalue weighted by atomic mass is 9.86. The first-order chi connectivity index (χ1) is 19.1.